The van der Waals surface area contributed by atoms with Crippen LogP contribution in [0, 0.1) is 27.7 Å². The van der Waals surface area contributed by atoms with Gasteiger partial charge >= 0.3 is 0 Å². The van der Waals surface area contributed by atoms with Gasteiger partial charge in [-0.25, -0.2) is 43.6 Å². The fourth-order valence-corrected chi connectivity index (χ4v) is 7.44. The summed E-state index contributed by atoms with van der Waals surface area (Å²) in [5, 5.41) is 0. The second kappa shape index (κ2) is 21.4. The summed E-state index contributed by atoms with van der Waals surface area (Å²) in [5.74, 6) is -0.725. The van der Waals surface area contributed by atoms with Crippen LogP contribution >= 0.6 is 0 Å². The van der Waals surface area contributed by atoms with Gasteiger partial charge in [-0.15, -0.1) is 0 Å². The van der Waals surface area contributed by atoms with E-state index >= 15 is 0 Å². The van der Waals surface area contributed by atoms with E-state index in [1.165, 1.54) is 40.4 Å². The Labute approximate surface area is 400 Å². The van der Waals surface area contributed by atoms with Crippen LogP contribution in [0.25, 0.3) is 67.2 Å². The number of aryl methyl sites for hydroxylation is 8. The van der Waals surface area contributed by atoms with Crippen LogP contribution in [0.5, 0.6) is 0 Å². The van der Waals surface area contributed by atoms with Crippen molar-refractivity contribution in [2.24, 2.45) is 21.1 Å². The van der Waals surface area contributed by atoms with E-state index in [0.717, 1.165) is 56.2 Å². The fraction of sp³-hybridized carbons (Fsp3) is 0.211. The van der Waals surface area contributed by atoms with Gasteiger partial charge in [-0.3, -0.25) is 0 Å². The second-order valence-corrected chi connectivity index (χ2v) is 16.2. The highest BCUT2D eigenvalue weighted by molar-refractivity contribution is 5.71. The first-order valence-corrected chi connectivity index (χ1v) is 21.7. The molecule has 9 rings (SSSR count). The third-order valence-corrected chi connectivity index (χ3v) is 11.3. The highest BCUT2D eigenvalue weighted by Crippen LogP contribution is 2.28. The Morgan fingerprint density at radius 3 is 1.17 bits per heavy atom. The van der Waals surface area contributed by atoms with Crippen LogP contribution in [0.2, 0.25) is 0 Å². The summed E-state index contributed by atoms with van der Waals surface area (Å²) in [5.41, 5.74) is 16.3. The lowest BCUT2D eigenvalue weighted by atomic mass is 10.0. The highest BCUT2D eigenvalue weighted by atomic mass is 14.9. The highest BCUT2D eigenvalue weighted by Gasteiger charge is 2.17. The van der Waals surface area contributed by atoms with Gasteiger partial charge in [0.05, 0.1) is 0 Å². The van der Waals surface area contributed by atoms with Crippen molar-refractivity contribution in [3.8, 4) is 67.2 Å². The predicted octanol–water partition coefficient (Wildman–Crippen LogP) is 10.8. The first-order valence-electron chi connectivity index (χ1n) is 25.2. The molecule has 0 aliphatic heterocycles. The van der Waals surface area contributed by atoms with Crippen molar-refractivity contribution in [1.29, 1.82) is 0 Å². The summed E-state index contributed by atoms with van der Waals surface area (Å²) < 4.78 is 58.8. The van der Waals surface area contributed by atoms with Crippen molar-refractivity contribution in [3.63, 3.8) is 0 Å². The molecule has 1 unspecified atom stereocenters. The predicted molar refractivity (Wildman–Crippen MR) is 265 cm³/mol. The normalized spacial score (nSPS) is 13.6. The van der Waals surface area contributed by atoms with E-state index in [2.05, 4.69) is 150 Å². The van der Waals surface area contributed by atoms with Crippen LogP contribution < -0.4 is 13.7 Å². The fourth-order valence-electron chi connectivity index (χ4n) is 7.44. The van der Waals surface area contributed by atoms with Gasteiger partial charge in [-0.1, -0.05) is 75.2 Å². The van der Waals surface area contributed by atoms with Crippen LogP contribution in [0.15, 0.2) is 165 Å². The zero-order valence-corrected chi connectivity index (χ0v) is 38.8. The Morgan fingerprint density at radius 2 is 0.818 bits per heavy atom. The molecule has 0 radical (unpaired) electrons. The number of aromatic nitrogens is 9. The Balaban J connectivity index is 0.000000161. The number of hydrogen-bond acceptors (Lipinski definition) is 6. The molecule has 0 saturated carbocycles. The summed E-state index contributed by atoms with van der Waals surface area (Å²) in [6.45, 7) is 4.96. The van der Waals surface area contributed by atoms with E-state index in [0.29, 0.717) is 5.82 Å². The first kappa shape index (κ1) is 37.7. The smallest absolute Gasteiger partial charge is 0.213 e. The summed E-state index contributed by atoms with van der Waals surface area (Å²) >= 11 is 0. The van der Waals surface area contributed by atoms with Crippen molar-refractivity contribution in [1.82, 2.24) is 29.9 Å². The van der Waals surface area contributed by atoms with Crippen molar-refractivity contribution in [2.45, 2.75) is 60.6 Å². The zero-order valence-electron chi connectivity index (χ0n) is 45.8. The number of nitrogens with zero attached hydrogens (tertiary/aromatic N) is 9. The van der Waals surface area contributed by atoms with E-state index in [-0.39, 0.29) is 12.2 Å². The molecule has 6 heterocycles. The van der Waals surface area contributed by atoms with Gasteiger partial charge in [0.25, 0.3) is 0 Å². The molecule has 0 amide bonds. The second-order valence-electron chi connectivity index (χ2n) is 16.2. The average Bonchev–Trinajstić information content (AvgIpc) is 3.35. The lowest BCUT2D eigenvalue weighted by Crippen LogP contribution is -2.30. The minimum atomic E-state index is -2.49. The molecule has 0 fully saturated rings. The van der Waals surface area contributed by atoms with Crippen LogP contribution in [0.3, 0.4) is 0 Å². The van der Waals surface area contributed by atoms with Crippen LogP contribution in [0.4, 0.5) is 0 Å². The monoisotopic (exact) mass is 878 g/mol. The largest absolute Gasteiger partial charge is 0.241 e. The molecule has 1 atom stereocenters. The van der Waals surface area contributed by atoms with E-state index in [1.54, 1.807) is 24.8 Å². The van der Waals surface area contributed by atoms with Gasteiger partial charge in [0.15, 0.2) is 18.6 Å². The van der Waals surface area contributed by atoms with E-state index in [9.17, 15) is 0 Å². The maximum Gasteiger partial charge on any atom is 0.213 e. The minimum Gasteiger partial charge on any atom is -0.241 e. The molecule has 330 valence electrons. The molecule has 0 spiro atoms. The lowest BCUT2D eigenvalue weighted by molar-refractivity contribution is -0.660. The number of benzene rings is 3. The maximum atomic E-state index is 8.10. The van der Waals surface area contributed by atoms with E-state index in [4.69, 9.17) is 9.60 Å². The summed E-state index contributed by atoms with van der Waals surface area (Å²) in [6, 6.07) is 37.3. The van der Waals surface area contributed by atoms with Crippen LogP contribution in [-0.4, -0.2) is 29.9 Å². The van der Waals surface area contributed by atoms with Gasteiger partial charge in [0, 0.05) is 129 Å². The third kappa shape index (κ3) is 11.2. The molecular weight excluding hydrogens is 811 g/mol. The van der Waals surface area contributed by atoms with Gasteiger partial charge in [-0.2, -0.15) is 0 Å². The van der Waals surface area contributed by atoms with Crippen molar-refractivity contribution >= 4 is 0 Å². The topological polar surface area (TPSA) is 89.0 Å². The lowest BCUT2D eigenvalue weighted by Gasteiger charge is -2.08. The summed E-state index contributed by atoms with van der Waals surface area (Å²) in [7, 11) is 6.08. The van der Waals surface area contributed by atoms with E-state index < -0.39 is 19.6 Å². The first-order chi connectivity index (χ1) is 34.6. The molecule has 0 bridgehead atoms. The molecule has 0 aliphatic carbocycles. The molecule has 0 aliphatic rings. The van der Waals surface area contributed by atoms with Crippen molar-refractivity contribution < 1.29 is 23.3 Å². The van der Waals surface area contributed by atoms with Gasteiger partial charge < -0.3 is 0 Å². The molecule has 0 N–H and O–H groups in total. The third-order valence-electron chi connectivity index (χ3n) is 11.3. The molecule has 0 saturated heterocycles. The maximum absolute atomic E-state index is 8.10. The number of rotatable bonds is 8. The Morgan fingerprint density at radius 1 is 0.470 bits per heavy atom. The molecular formula is C57H60N9+3. The van der Waals surface area contributed by atoms with Crippen molar-refractivity contribution in [2.75, 3.05) is 0 Å². The Bertz CT molecular complexity index is 3340. The van der Waals surface area contributed by atoms with Crippen LogP contribution in [0.1, 0.15) is 70.3 Å². The Kier molecular flexibility index (Phi) is 12.2. The van der Waals surface area contributed by atoms with E-state index in [1.807, 2.05) is 82.2 Å². The van der Waals surface area contributed by atoms with Gasteiger partial charge in [0.2, 0.25) is 17.1 Å². The Hall–Kier alpha value is -7.65. The average molecular weight is 878 g/mol. The number of pyridine rings is 3. The number of hydrogen-bond donors (Lipinski definition) is 0. The minimum absolute atomic E-state index is 0.00753. The van der Waals surface area contributed by atoms with Crippen molar-refractivity contribution in [3.05, 3.63) is 199 Å². The summed E-state index contributed by atoms with van der Waals surface area (Å²) in [6.07, 6.45) is 16.2. The molecule has 9 nitrogen and oxygen atoms in total. The quantitative estimate of drug-likeness (QED) is 0.141. The van der Waals surface area contributed by atoms with Gasteiger partial charge in [0.1, 0.15) is 38.6 Å². The SMILES string of the molecule is Cc1ncc(-c2cc[n+](C)c(-c3ccccc3C)c2)cn1.[2H]C([2H])([2H])C([2H])(C)c1ncc(-c2cc[n+](C)c(-c3ccccc3C)c2)cn1.[2H]C([2H])([2H])Cc1ncc(-c2cc[n+](C)c(-c3ccccc3C)c2)cn1. The molecule has 9 heteroatoms. The summed E-state index contributed by atoms with van der Waals surface area (Å²) in [4.78, 5) is 25.3. The standard InChI is InChI=1S/C20H22N3.C19H20N3.C18H18N3/c1-14(2)20-21-12-17(13-22-20)16-9-10-23(4)19(11-16)18-8-6-5-7-15(18)3;1-4-19-20-12-16(13-21-19)15-9-10-22(3)18(11-15)17-8-6-5-7-14(17)2;1-13-6-4-5-7-17(13)18-10-15(8-9-21(18)3)16-11-19-14(2)20-12-16/h5-14H,1-4H3;5-13H,4H2,1-3H3;4-12H,1-3H3/q3*+1/i1D3,14D;1D3;. The zero-order chi connectivity index (χ0) is 52.7. The molecule has 6 aromatic heterocycles. The molecule has 9 aromatic rings. The molecule has 66 heavy (non-hydrogen) atoms. The van der Waals surface area contributed by atoms with Gasteiger partial charge in [-0.05, 0) is 79.3 Å². The molecule has 3 aromatic carbocycles. The van der Waals surface area contributed by atoms with Crippen LogP contribution in [-0.2, 0) is 27.6 Å².